The molecular formula is C19H25N3. The topological polar surface area (TPSA) is 28.2 Å². The Kier molecular flexibility index (Phi) is 4.86. The Morgan fingerprint density at radius 2 is 1.82 bits per heavy atom. The number of pyridine rings is 1. The second-order valence-electron chi connectivity index (χ2n) is 6.04. The smallest absolute Gasteiger partial charge is 0.0777 e. The van der Waals surface area contributed by atoms with Crippen LogP contribution < -0.4 is 5.32 Å². The van der Waals surface area contributed by atoms with Crippen molar-refractivity contribution in [3.05, 3.63) is 65.0 Å². The molecule has 0 saturated carbocycles. The maximum Gasteiger partial charge on any atom is 0.0777 e. The predicted molar refractivity (Wildman–Crippen MR) is 91.1 cm³/mol. The second-order valence-corrected chi connectivity index (χ2v) is 6.04. The van der Waals surface area contributed by atoms with Crippen molar-refractivity contribution < 1.29 is 0 Å². The van der Waals surface area contributed by atoms with Crippen molar-refractivity contribution in [1.82, 2.24) is 15.2 Å². The zero-order valence-electron chi connectivity index (χ0n) is 13.5. The van der Waals surface area contributed by atoms with Gasteiger partial charge in [0.25, 0.3) is 0 Å². The van der Waals surface area contributed by atoms with E-state index in [-0.39, 0.29) is 6.04 Å². The molecular weight excluding hydrogens is 270 g/mol. The van der Waals surface area contributed by atoms with E-state index < -0.39 is 0 Å². The van der Waals surface area contributed by atoms with Crippen LogP contribution in [0.4, 0.5) is 0 Å². The van der Waals surface area contributed by atoms with Gasteiger partial charge in [0.2, 0.25) is 0 Å². The SMILES string of the molecule is CCc1ccc(C(c2ccc(C)cn2)N2CCNCC2)cc1. The number of aromatic nitrogens is 1. The Morgan fingerprint density at radius 3 is 2.41 bits per heavy atom. The quantitative estimate of drug-likeness (QED) is 0.940. The van der Waals surface area contributed by atoms with Gasteiger partial charge in [0.15, 0.2) is 0 Å². The maximum atomic E-state index is 4.71. The summed E-state index contributed by atoms with van der Waals surface area (Å²) in [7, 11) is 0. The van der Waals surface area contributed by atoms with Crippen LogP contribution in [0.1, 0.15) is 35.3 Å². The molecule has 3 nitrogen and oxygen atoms in total. The monoisotopic (exact) mass is 295 g/mol. The number of piperazine rings is 1. The lowest BCUT2D eigenvalue weighted by molar-refractivity contribution is 0.195. The van der Waals surface area contributed by atoms with Crippen molar-refractivity contribution in [3.63, 3.8) is 0 Å². The zero-order chi connectivity index (χ0) is 15.4. The van der Waals surface area contributed by atoms with E-state index in [1.807, 2.05) is 6.20 Å². The molecule has 3 heteroatoms. The average Bonchev–Trinajstić information content (AvgIpc) is 2.58. The van der Waals surface area contributed by atoms with Gasteiger partial charge in [0.05, 0.1) is 11.7 Å². The van der Waals surface area contributed by atoms with Crippen molar-refractivity contribution in [2.24, 2.45) is 0 Å². The number of hydrogen-bond acceptors (Lipinski definition) is 3. The Labute approximate surface area is 133 Å². The van der Waals surface area contributed by atoms with Crippen LogP contribution >= 0.6 is 0 Å². The standard InChI is InChI=1S/C19H25N3/c1-3-16-5-7-17(8-6-16)19(22-12-10-20-11-13-22)18-9-4-15(2)14-21-18/h4-9,14,19-20H,3,10-13H2,1-2H3. The summed E-state index contributed by atoms with van der Waals surface area (Å²) in [5.74, 6) is 0. The lowest BCUT2D eigenvalue weighted by Crippen LogP contribution is -2.45. The fourth-order valence-corrected chi connectivity index (χ4v) is 3.09. The van der Waals surface area contributed by atoms with Crippen LogP contribution in [-0.2, 0) is 6.42 Å². The molecule has 1 saturated heterocycles. The third-order valence-electron chi connectivity index (χ3n) is 4.43. The summed E-state index contributed by atoms with van der Waals surface area (Å²) in [4.78, 5) is 7.25. The first-order valence-electron chi connectivity index (χ1n) is 8.24. The van der Waals surface area contributed by atoms with E-state index in [0.717, 1.165) is 38.3 Å². The maximum absolute atomic E-state index is 4.71. The van der Waals surface area contributed by atoms with E-state index in [1.165, 1.54) is 16.7 Å². The molecule has 1 aromatic carbocycles. The predicted octanol–water partition coefficient (Wildman–Crippen LogP) is 2.95. The summed E-state index contributed by atoms with van der Waals surface area (Å²) in [6.45, 7) is 8.52. The molecule has 1 aliphatic rings. The number of aryl methyl sites for hydroxylation is 2. The Balaban J connectivity index is 1.95. The largest absolute Gasteiger partial charge is 0.314 e. The molecule has 1 fully saturated rings. The molecule has 1 aliphatic heterocycles. The molecule has 1 aromatic heterocycles. The third kappa shape index (κ3) is 3.37. The van der Waals surface area contributed by atoms with Crippen LogP contribution in [0.3, 0.4) is 0 Å². The fraction of sp³-hybridized carbons (Fsp3) is 0.421. The highest BCUT2D eigenvalue weighted by Crippen LogP contribution is 2.28. The Bertz CT molecular complexity index is 583. The first-order valence-corrected chi connectivity index (χ1v) is 8.24. The molecule has 2 aromatic rings. The van der Waals surface area contributed by atoms with Crippen molar-refractivity contribution >= 4 is 0 Å². The van der Waals surface area contributed by atoms with Crippen LogP contribution in [0.5, 0.6) is 0 Å². The molecule has 3 rings (SSSR count). The summed E-state index contributed by atoms with van der Waals surface area (Å²) in [5, 5.41) is 3.44. The minimum atomic E-state index is 0.258. The van der Waals surface area contributed by atoms with Crippen molar-refractivity contribution in [1.29, 1.82) is 0 Å². The van der Waals surface area contributed by atoms with Crippen LogP contribution in [0.25, 0.3) is 0 Å². The van der Waals surface area contributed by atoms with Gasteiger partial charge in [-0.25, -0.2) is 0 Å². The van der Waals surface area contributed by atoms with Gasteiger partial charge in [-0.3, -0.25) is 9.88 Å². The first-order chi connectivity index (χ1) is 10.8. The van der Waals surface area contributed by atoms with Gasteiger partial charge < -0.3 is 5.32 Å². The van der Waals surface area contributed by atoms with Gasteiger partial charge in [-0.15, -0.1) is 0 Å². The molecule has 116 valence electrons. The third-order valence-corrected chi connectivity index (χ3v) is 4.43. The summed E-state index contributed by atoms with van der Waals surface area (Å²) < 4.78 is 0. The number of benzene rings is 1. The molecule has 0 bridgehead atoms. The minimum Gasteiger partial charge on any atom is -0.314 e. The van der Waals surface area contributed by atoms with E-state index in [2.05, 4.69) is 60.5 Å². The Morgan fingerprint density at radius 1 is 1.09 bits per heavy atom. The zero-order valence-corrected chi connectivity index (χ0v) is 13.5. The average molecular weight is 295 g/mol. The summed E-state index contributed by atoms with van der Waals surface area (Å²) in [5.41, 5.74) is 5.09. The van der Waals surface area contributed by atoms with Crippen LogP contribution in [0.15, 0.2) is 42.6 Å². The number of nitrogens with zero attached hydrogens (tertiary/aromatic N) is 2. The number of nitrogens with one attached hydrogen (secondary N) is 1. The molecule has 1 unspecified atom stereocenters. The molecule has 22 heavy (non-hydrogen) atoms. The van der Waals surface area contributed by atoms with Gasteiger partial charge in [-0.05, 0) is 36.1 Å². The molecule has 0 amide bonds. The van der Waals surface area contributed by atoms with E-state index >= 15 is 0 Å². The summed E-state index contributed by atoms with van der Waals surface area (Å²) >= 11 is 0. The van der Waals surface area contributed by atoms with E-state index in [1.54, 1.807) is 0 Å². The highest BCUT2D eigenvalue weighted by molar-refractivity contribution is 5.31. The lowest BCUT2D eigenvalue weighted by atomic mass is 9.98. The van der Waals surface area contributed by atoms with Crippen LogP contribution in [0, 0.1) is 6.92 Å². The lowest BCUT2D eigenvalue weighted by Gasteiger charge is -2.35. The van der Waals surface area contributed by atoms with Gasteiger partial charge >= 0.3 is 0 Å². The van der Waals surface area contributed by atoms with Crippen molar-refractivity contribution in [3.8, 4) is 0 Å². The summed E-state index contributed by atoms with van der Waals surface area (Å²) in [6.07, 6.45) is 3.06. The van der Waals surface area contributed by atoms with Crippen LogP contribution in [-0.4, -0.2) is 36.1 Å². The fourth-order valence-electron chi connectivity index (χ4n) is 3.09. The van der Waals surface area contributed by atoms with E-state index in [9.17, 15) is 0 Å². The van der Waals surface area contributed by atoms with Gasteiger partial charge in [-0.2, -0.15) is 0 Å². The molecule has 1 atom stereocenters. The van der Waals surface area contributed by atoms with Crippen molar-refractivity contribution in [2.45, 2.75) is 26.3 Å². The normalized spacial score (nSPS) is 17.4. The molecule has 0 spiro atoms. The van der Waals surface area contributed by atoms with Gasteiger partial charge in [-0.1, -0.05) is 37.3 Å². The molecule has 2 heterocycles. The minimum absolute atomic E-state index is 0.258. The highest BCUT2D eigenvalue weighted by Gasteiger charge is 2.24. The number of hydrogen-bond donors (Lipinski definition) is 1. The van der Waals surface area contributed by atoms with Crippen molar-refractivity contribution in [2.75, 3.05) is 26.2 Å². The van der Waals surface area contributed by atoms with Gasteiger partial charge in [0, 0.05) is 32.4 Å². The second kappa shape index (κ2) is 7.03. The Hall–Kier alpha value is -1.71. The number of rotatable bonds is 4. The molecule has 0 aliphatic carbocycles. The molecule has 0 radical (unpaired) electrons. The van der Waals surface area contributed by atoms with E-state index in [4.69, 9.17) is 4.98 Å². The summed E-state index contributed by atoms with van der Waals surface area (Å²) in [6, 6.07) is 13.6. The van der Waals surface area contributed by atoms with Gasteiger partial charge in [0.1, 0.15) is 0 Å². The highest BCUT2D eigenvalue weighted by atomic mass is 15.2. The first kappa shape index (κ1) is 15.2. The van der Waals surface area contributed by atoms with E-state index in [0.29, 0.717) is 0 Å². The van der Waals surface area contributed by atoms with Crippen LogP contribution in [0.2, 0.25) is 0 Å². The molecule has 1 N–H and O–H groups in total.